The van der Waals surface area contributed by atoms with Gasteiger partial charge in [-0.1, -0.05) is 30.7 Å². The molecule has 0 radical (unpaired) electrons. The number of carbonyl (C=O) groups is 2. The molecule has 0 atom stereocenters. The summed E-state index contributed by atoms with van der Waals surface area (Å²) in [6.07, 6.45) is 0.907. The lowest BCUT2D eigenvalue weighted by Gasteiger charge is -2.06. The van der Waals surface area contributed by atoms with Gasteiger partial charge in [-0.3, -0.25) is 20.4 Å². The molecule has 0 aliphatic rings. The number of fused-ring (bicyclic) bond motifs is 1. The van der Waals surface area contributed by atoms with Gasteiger partial charge in [-0.15, -0.1) is 0 Å². The van der Waals surface area contributed by atoms with Gasteiger partial charge in [0.1, 0.15) is 5.58 Å². The first-order valence-corrected chi connectivity index (χ1v) is 7.76. The maximum absolute atomic E-state index is 12.1. The van der Waals surface area contributed by atoms with Crippen LogP contribution in [-0.2, 0) is 6.42 Å². The number of benzene rings is 2. The zero-order chi connectivity index (χ0) is 17.1. The smallest absolute Gasteiger partial charge is 0.305 e. The van der Waals surface area contributed by atoms with Crippen LogP contribution in [0.2, 0.25) is 0 Å². The Morgan fingerprint density at radius 3 is 2.38 bits per heavy atom. The SMILES string of the molecule is CCc1ccc(C(=O)NNC(=O)c2cc3cc(C)ccc3o2)cc1. The fourth-order valence-corrected chi connectivity index (χ4v) is 2.41. The van der Waals surface area contributed by atoms with Gasteiger partial charge in [0.25, 0.3) is 5.91 Å². The number of amides is 2. The van der Waals surface area contributed by atoms with Crippen LogP contribution in [0.5, 0.6) is 0 Å². The fraction of sp³-hybridized carbons (Fsp3) is 0.158. The molecule has 3 aromatic rings. The number of furan rings is 1. The normalized spacial score (nSPS) is 10.6. The van der Waals surface area contributed by atoms with E-state index in [2.05, 4.69) is 10.9 Å². The van der Waals surface area contributed by atoms with Crippen molar-refractivity contribution in [2.24, 2.45) is 0 Å². The number of aryl methyl sites for hydroxylation is 2. The minimum atomic E-state index is -0.498. The molecule has 5 heteroatoms. The maximum Gasteiger partial charge on any atom is 0.305 e. The molecule has 1 heterocycles. The lowest BCUT2D eigenvalue weighted by Crippen LogP contribution is -2.41. The molecule has 3 rings (SSSR count). The molecule has 2 N–H and O–H groups in total. The number of hydrogen-bond acceptors (Lipinski definition) is 3. The summed E-state index contributed by atoms with van der Waals surface area (Å²) >= 11 is 0. The standard InChI is InChI=1S/C19H18N2O3/c1-3-13-5-7-14(8-6-13)18(22)20-21-19(23)17-11-15-10-12(2)4-9-16(15)24-17/h4-11H,3H2,1-2H3,(H,20,22)(H,21,23). The van der Waals surface area contributed by atoms with Crippen molar-refractivity contribution in [3.63, 3.8) is 0 Å². The molecular formula is C19H18N2O3. The van der Waals surface area contributed by atoms with Gasteiger partial charge in [0.15, 0.2) is 5.76 Å². The molecule has 0 unspecified atom stereocenters. The number of nitrogens with one attached hydrogen (secondary N) is 2. The van der Waals surface area contributed by atoms with E-state index in [9.17, 15) is 9.59 Å². The van der Waals surface area contributed by atoms with Crippen LogP contribution in [0.4, 0.5) is 0 Å². The molecule has 122 valence electrons. The van der Waals surface area contributed by atoms with E-state index in [0.717, 1.165) is 22.9 Å². The molecule has 0 aliphatic heterocycles. The van der Waals surface area contributed by atoms with Crippen LogP contribution < -0.4 is 10.9 Å². The number of rotatable bonds is 3. The first-order chi connectivity index (χ1) is 11.6. The van der Waals surface area contributed by atoms with Gasteiger partial charge >= 0.3 is 5.91 Å². The molecule has 1 aromatic heterocycles. The van der Waals surface area contributed by atoms with Crippen LogP contribution in [-0.4, -0.2) is 11.8 Å². The van der Waals surface area contributed by atoms with Crippen LogP contribution in [0, 0.1) is 6.92 Å². The first kappa shape index (κ1) is 15.8. The third-order valence-corrected chi connectivity index (χ3v) is 3.81. The Hall–Kier alpha value is -3.08. The summed E-state index contributed by atoms with van der Waals surface area (Å²) in [5.41, 5.74) is 8.10. The Morgan fingerprint density at radius 2 is 1.67 bits per heavy atom. The van der Waals surface area contributed by atoms with Crippen molar-refractivity contribution in [3.05, 3.63) is 71.0 Å². The number of hydrazine groups is 1. The van der Waals surface area contributed by atoms with E-state index in [1.807, 2.05) is 44.2 Å². The van der Waals surface area contributed by atoms with Crippen LogP contribution in [0.3, 0.4) is 0 Å². The molecule has 0 saturated carbocycles. The second-order valence-electron chi connectivity index (χ2n) is 5.61. The second-order valence-corrected chi connectivity index (χ2v) is 5.61. The monoisotopic (exact) mass is 322 g/mol. The Labute approximate surface area is 139 Å². The van der Waals surface area contributed by atoms with E-state index >= 15 is 0 Å². The summed E-state index contributed by atoms with van der Waals surface area (Å²) in [6.45, 7) is 4.01. The van der Waals surface area contributed by atoms with Crippen molar-refractivity contribution in [3.8, 4) is 0 Å². The third kappa shape index (κ3) is 3.30. The van der Waals surface area contributed by atoms with E-state index in [-0.39, 0.29) is 11.7 Å². The predicted molar refractivity (Wildman–Crippen MR) is 91.7 cm³/mol. The average Bonchev–Trinajstić information content (AvgIpc) is 3.02. The zero-order valence-corrected chi connectivity index (χ0v) is 13.6. The van der Waals surface area contributed by atoms with Crippen molar-refractivity contribution >= 4 is 22.8 Å². The highest BCUT2D eigenvalue weighted by atomic mass is 16.3. The van der Waals surface area contributed by atoms with Crippen LogP contribution in [0.25, 0.3) is 11.0 Å². The van der Waals surface area contributed by atoms with E-state index < -0.39 is 5.91 Å². The summed E-state index contributed by atoms with van der Waals surface area (Å²) in [7, 11) is 0. The fourth-order valence-electron chi connectivity index (χ4n) is 2.41. The van der Waals surface area contributed by atoms with Gasteiger partial charge in [0.2, 0.25) is 0 Å². The number of carbonyl (C=O) groups excluding carboxylic acids is 2. The van der Waals surface area contributed by atoms with Crippen molar-refractivity contribution in [2.45, 2.75) is 20.3 Å². The van der Waals surface area contributed by atoms with Crippen LogP contribution in [0.1, 0.15) is 39.0 Å². The molecule has 0 fully saturated rings. The van der Waals surface area contributed by atoms with Gasteiger partial charge in [-0.2, -0.15) is 0 Å². The van der Waals surface area contributed by atoms with Crippen LogP contribution >= 0.6 is 0 Å². The van der Waals surface area contributed by atoms with Crippen molar-refractivity contribution in [1.82, 2.24) is 10.9 Å². The minimum Gasteiger partial charge on any atom is -0.451 e. The molecule has 24 heavy (non-hydrogen) atoms. The Morgan fingerprint density at radius 1 is 0.958 bits per heavy atom. The quantitative estimate of drug-likeness (QED) is 0.726. The van der Waals surface area contributed by atoms with Gasteiger partial charge in [-0.05, 0) is 49.2 Å². The lowest BCUT2D eigenvalue weighted by atomic mass is 10.1. The van der Waals surface area contributed by atoms with Gasteiger partial charge in [0, 0.05) is 10.9 Å². The van der Waals surface area contributed by atoms with Crippen molar-refractivity contribution in [1.29, 1.82) is 0 Å². The Balaban J connectivity index is 1.66. The summed E-state index contributed by atoms with van der Waals surface area (Å²) in [5, 5.41) is 0.849. The van der Waals surface area contributed by atoms with Crippen molar-refractivity contribution < 1.29 is 14.0 Å². The molecule has 0 spiro atoms. The van der Waals surface area contributed by atoms with E-state index in [1.165, 1.54) is 0 Å². The van der Waals surface area contributed by atoms with E-state index in [4.69, 9.17) is 4.42 Å². The lowest BCUT2D eigenvalue weighted by molar-refractivity contribution is 0.0832. The average molecular weight is 322 g/mol. The highest BCUT2D eigenvalue weighted by molar-refractivity contribution is 5.99. The molecule has 0 aliphatic carbocycles. The molecule has 2 aromatic carbocycles. The topological polar surface area (TPSA) is 71.3 Å². The minimum absolute atomic E-state index is 0.150. The molecule has 0 bridgehead atoms. The van der Waals surface area contributed by atoms with Gasteiger partial charge in [0.05, 0.1) is 0 Å². The van der Waals surface area contributed by atoms with Gasteiger partial charge < -0.3 is 4.42 Å². The summed E-state index contributed by atoms with van der Waals surface area (Å²) in [4.78, 5) is 24.2. The first-order valence-electron chi connectivity index (χ1n) is 7.76. The Bertz CT molecular complexity index is 895. The number of hydrogen-bond donors (Lipinski definition) is 2. The van der Waals surface area contributed by atoms with Crippen LogP contribution in [0.15, 0.2) is 52.9 Å². The Kier molecular flexibility index (Phi) is 4.33. The summed E-state index contributed by atoms with van der Waals surface area (Å²) in [5.74, 6) is -0.724. The van der Waals surface area contributed by atoms with E-state index in [0.29, 0.717) is 11.1 Å². The highest BCUT2D eigenvalue weighted by Crippen LogP contribution is 2.20. The second kappa shape index (κ2) is 6.58. The van der Waals surface area contributed by atoms with Crippen molar-refractivity contribution in [2.75, 3.05) is 0 Å². The predicted octanol–water partition coefficient (Wildman–Crippen LogP) is 3.38. The largest absolute Gasteiger partial charge is 0.451 e. The molecule has 0 saturated heterocycles. The summed E-state index contributed by atoms with van der Waals surface area (Å²) < 4.78 is 5.49. The third-order valence-electron chi connectivity index (χ3n) is 3.81. The molecule has 2 amide bonds. The molecular weight excluding hydrogens is 304 g/mol. The summed E-state index contributed by atoms with van der Waals surface area (Å²) in [6, 6.07) is 14.5. The van der Waals surface area contributed by atoms with E-state index in [1.54, 1.807) is 18.2 Å². The zero-order valence-electron chi connectivity index (χ0n) is 13.6. The maximum atomic E-state index is 12.1. The molecule has 5 nitrogen and oxygen atoms in total. The highest BCUT2D eigenvalue weighted by Gasteiger charge is 2.13. The van der Waals surface area contributed by atoms with Gasteiger partial charge in [-0.25, -0.2) is 0 Å².